The maximum atomic E-state index is 5.72. The van der Waals surface area contributed by atoms with Crippen LogP contribution in [0.3, 0.4) is 0 Å². The third kappa shape index (κ3) is 3.32. The second-order valence-electron chi connectivity index (χ2n) is 5.33. The second kappa shape index (κ2) is 4.90. The highest BCUT2D eigenvalue weighted by Crippen LogP contribution is 2.31. The van der Waals surface area contributed by atoms with E-state index >= 15 is 0 Å². The molecule has 0 spiro atoms. The minimum atomic E-state index is 0.384. The van der Waals surface area contributed by atoms with Crippen molar-refractivity contribution >= 4 is 11.8 Å². The molecule has 1 aliphatic carbocycles. The molecule has 94 valence electrons. The SMILES string of the molecule is Cc1cc(N(CCC(C)C)C2CC2)nc(N)n1. The average Bonchev–Trinajstić information content (AvgIpc) is 3.00. The van der Waals surface area contributed by atoms with Crippen LogP contribution in [0.1, 0.15) is 38.8 Å². The lowest BCUT2D eigenvalue weighted by atomic mass is 10.1. The molecular formula is C13H22N4. The van der Waals surface area contributed by atoms with Crippen LogP contribution < -0.4 is 10.6 Å². The number of hydrogen-bond donors (Lipinski definition) is 1. The Bertz CT molecular complexity index is 365. The Labute approximate surface area is 103 Å². The number of anilines is 2. The Kier molecular flexibility index (Phi) is 3.50. The molecule has 0 aliphatic heterocycles. The van der Waals surface area contributed by atoms with E-state index in [1.165, 1.54) is 19.3 Å². The molecule has 0 saturated heterocycles. The van der Waals surface area contributed by atoms with Crippen LogP contribution in [0.5, 0.6) is 0 Å². The summed E-state index contributed by atoms with van der Waals surface area (Å²) < 4.78 is 0. The van der Waals surface area contributed by atoms with E-state index in [2.05, 4.69) is 28.7 Å². The molecule has 0 unspecified atom stereocenters. The van der Waals surface area contributed by atoms with Crippen molar-refractivity contribution in [3.05, 3.63) is 11.8 Å². The molecule has 17 heavy (non-hydrogen) atoms. The number of aromatic nitrogens is 2. The molecule has 2 rings (SSSR count). The molecule has 1 heterocycles. The van der Waals surface area contributed by atoms with Crippen molar-refractivity contribution in [3.8, 4) is 0 Å². The zero-order valence-electron chi connectivity index (χ0n) is 11.0. The summed E-state index contributed by atoms with van der Waals surface area (Å²) in [6.45, 7) is 7.54. The van der Waals surface area contributed by atoms with Gasteiger partial charge < -0.3 is 10.6 Å². The summed E-state index contributed by atoms with van der Waals surface area (Å²) in [5.74, 6) is 2.10. The van der Waals surface area contributed by atoms with Crippen LogP contribution in [0.15, 0.2) is 6.07 Å². The molecule has 0 amide bonds. The number of rotatable bonds is 5. The van der Waals surface area contributed by atoms with Crippen LogP contribution in [0.2, 0.25) is 0 Å². The van der Waals surface area contributed by atoms with E-state index in [0.29, 0.717) is 12.0 Å². The summed E-state index contributed by atoms with van der Waals surface area (Å²) >= 11 is 0. The van der Waals surface area contributed by atoms with Gasteiger partial charge in [0.1, 0.15) is 5.82 Å². The van der Waals surface area contributed by atoms with Gasteiger partial charge in [-0.2, -0.15) is 4.98 Å². The monoisotopic (exact) mass is 234 g/mol. The Balaban J connectivity index is 2.14. The summed E-state index contributed by atoms with van der Waals surface area (Å²) in [6.07, 6.45) is 3.75. The van der Waals surface area contributed by atoms with Crippen LogP contribution in [-0.2, 0) is 0 Å². The maximum absolute atomic E-state index is 5.72. The fourth-order valence-corrected chi connectivity index (χ4v) is 1.99. The standard InChI is InChI=1S/C13H22N4/c1-9(2)6-7-17(11-4-5-11)12-8-10(3)15-13(14)16-12/h8-9,11H,4-7H2,1-3H3,(H2,14,15,16). The summed E-state index contributed by atoms with van der Waals surface area (Å²) in [6, 6.07) is 2.71. The van der Waals surface area contributed by atoms with E-state index < -0.39 is 0 Å². The molecule has 1 aromatic heterocycles. The third-order valence-corrected chi connectivity index (χ3v) is 3.09. The van der Waals surface area contributed by atoms with Gasteiger partial charge in [-0.25, -0.2) is 4.98 Å². The van der Waals surface area contributed by atoms with E-state index in [-0.39, 0.29) is 0 Å². The van der Waals surface area contributed by atoms with E-state index in [4.69, 9.17) is 5.73 Å². The fraction of sp³-hybridized carbons (Fsp3) is 0.692. The van der Waals surface area contributed by atoms with Crippen LogP contribution in [-0.4, -0.2) is 22.6 Å². The summed E-state index contributed by atoms with van der Waals surface area (Å²) in [5.41, 5.74) is 6.67. The van der Waals surface area contributed by atoms with E-state index in [1.54, 1.807) is 0 Å². The van der Waals surface area contributed by atoms with E-state index in [1.807, 2.05) is 13.0 Å². The van der Waals surface area contributed by atoms with Gasteiger partial charge in [-0.1, -0.05) is 13.8 Å². The molecule has 1 aromatic rings. The highest BCUT2D eigenvalue weighted by atomic mass is 15.2. The van der Waals surface area contributed by atoms with Crippen LogP contribution in [0.4, 0.5) is 11.8 Å². The normalized spacial score (nSPS) is 15.3. The largest absolute Gasteiger partial charge is 0.368 e. The first-order valence-corrected chi connectivity index (χ1v) is 6.44. The molecule has 0 atom stereocenters. The van der Waals surface area contributed by atoms with Gasteiger partial charge in [0.15, 0.2) is 0 Å². The van der Waals surface area contributed by atoms with Crippen molar-refractivity contribution in [2.75, 3.05) is 17.2 Å². The lowest BCUT2D eigenvalue weighted by molar-refractivity contribution is 0.568. The number of nitrogen functional groups attached to an aromatic ring is 1. The zero-order valence-corrected chi connectivity index (χ0v) is 11.0. The molecular weight excluding hydrogens is 212 g/mol. The highest BCUT2D eigenvalue weighted by Gasteiger charge is 2.30. The Morgan fingerprint density at radius 3 is 2.65 bits per heavy atom. The van der Waals surface area contributed by atoms with Gasteiger partial charge in [-0.05, 0) is 32.1 Å². The van der Waals surface area contributed by atoms with Crippen molar-refractivity contribution in [3.63, 3.8) is 0 Å². The van der Waals surface area contributed by atoms with Crippen molar-refractivity contribution in [1.29, 1.82) is 0 Å². The first kappa shape index (κ1) is 12.1. The number of nitrogens with zero attached hydrogens (tertiary/aromatic N) is 3. The van der Waals surface area contributed by atoms with Crippen LogP contribution in [0.25, 0.3) is 0 Å². The van der Waals surface area contributed by atoms with Crippen LogP contribution >= 0.6 is 0 Å². The molecule has 4 heteroatoms. The van der Waals surface area contributed by atoms with Crippen molar-refractivity contribution in [1.82, 2.24) is 9.97 Å². The van der Waals surface area contributed by atoms with Gasteiger partial charge in [0.25, 0.3) is 0 Å². The Morgan fingerprint density at radius 2 is 2.12 bits per heavy atom. The van der Waals surface area contributed by atoms with Crippen molar-refractivity contribution in [2.45, 2.75) is 46.1 Å². The van der Waals surface area contributed by atoms with Crippen LogP contribution in [0, 0.1) is 12.8 Å². The number of aryl methyl sites for hydroxylation is 1. The molecule has 1 saturated carbocycles. The minimum absolute atomic E-state index is 0.384. The first-order chi connectivity index (χ1) is 8.06. The predicted octanol–water partition coefficient (Wildman–Crippen LogP) is 2.38. The lowest BCUT2D eigenvalue weighted by Crippen LogP contribution is -2.29. The number of hydrogen-bond acceptors (Lipinski definition) is 4. The molecule has 0 radical (unpaired) electrons. The zero-order chi connectivity index (χ0) is 12.4. The minimum Gasteiger partial charge on any atom is -0.368 e. The molecule has 2 N–H and O–H groups in total. The van der Waals surface area contributed by atoms with Gasteiger partial charge in [0.2, 0.25) is 5.95 Å². The van der Waals surface area contributed by atoms with Crippen molar-refractivity contribution < 1.29 is 0 Å². The lowest BCUT2D eigenvalue weighted by Gasteiger charge is -2.24. The highest BCUT2D eigenvalue weighted by molar-refractivity contribution is 5.45. The molecule has 4 nitrogen and oxygen atoms in total. The Hall–Kier alpha value is -1.32. The molecule has 1 aliphatic rings. The van der Waals surface area contributed by atoms with E-state index in [9.17, 15) is 0 Å². The number of nitrogens with two attached hydrogens (primary N) is 1. The smallest absolute Gasteiger partial charge is 0.222 e. The topological polar surface area (TPSA) is 55.0 Å². The quantitative estimate of drug-likeness (QED) is 0.850. The average molecular weight is 234 g/mol. The first-order valence-electron chi connectivity index (χ1n) is 6.44. The summed E-state index contributed by atoms with van der Waals surface area (Å²) in [7, 11) is 0. The summed E-state index contributed by atoms with van der Waals surface area (Å²) in [4.78, 5) is 10.9. The third-order valence-electron chi connectivity index (χ3n) is 3.09. The van der Waals surface area contributed by atoms with E-state index in [0.717, 1.165) is 24.0 Å². The molecule has 1 fully saturated rings. The Morgan fingerprint density at radius 1 is 1.41 bits per heavy atom. The van der Waals surface area contributed by atoms with Gasteiger partial charge in [-0.3, -0.25) is 0 Å². The predicted molar refractivity (Wildman–Crippen MR) is 71.0 cm³/mol. The van der Waals surface area contributed by atoms with Gasteiger partial charge in [-0.15, -0.1) is 0 Å². The maximum Gasteiger partial charge on any atom is 0.222 e. The molecule has 0 aromatic carbocycles. The van der Waals surface area contributed by atoms with Gasteiger partial charge in [0.05, 0.1) is 0 Å². The van der Waals surface area contributed by atoms with Gasteiger partial charge >= 0.3 is 0 Å². The fourth-order valence-electron chi connectivity index (χ4n) is 1.99. The van der Waals surface area contributed by atoms with Crippen molar-refractivity contribution in [2.24, 2.45) is 5.92 Å². The summed E-state index contributed by atoms with van der Waals surface area (Å²) in [5, 5.41) is 0. The second-order valence-corrected chi connectivity index (χ2v) is 5.33. The molecule has 0 bridgehead atoms. The van der Waals surface area contributed by atoms with Gasteiger partial charge in [0, 0.05) is 24.3 Å².